The molecule has 0 atom stereocenters. The Morgan fingerprint density at radius 2 is 2.19 bits per heavy atom. The summed E-state index contributed by atoms with van der Waals surface area (Å²) >= 11 is 0. The lowest BCUT2D eigenvalue weighted by Crippen LogP contribution is -2.30. The number of hydrogen-bond acceptors (Lipinski definition) is 4. The van der Waals surface area contributed by atoms with Crippen LogP contribution < -0.4 is 10.2 Å². The summed E-state index contributed by atoms with van der Waals surface area (Å²) in [5.41, 5.74) is 0.112. The van der Waals surface area contributed by atoms with Crippen LogP contribution in [0.3, 0.4) is 0 Å². The molecule has 1 aliphatic heterocycles. The van der Waals surface area contributed by atoms with Crippen molar-refractivity contribution >= 4 is 23.6 Å². The smallest absolute Gasteiger partial charge is 0.354 e. The van der Waals surface area contributed by atoms with Crippen LogP contribution in [0, 0.1) is 0 Å². The van der Waals surface area contributed by atoms with Gasteiger partial charge in [-0.2, -0.15) is 0 Å². The zero-order valence-corrected chi connectivity index (χ0v) is 8.01. The van der Waals surface area contributed by atoms with E-state index in [9.17, 15) is 14.4 Å². The lowest BCUT2D eigenvalue weighted by molar-refractivity contribution is -0.115. The summed E-state index contributed by atoms with van der Waals surface area (Å²) in [7, 11) is 0. The quantitative estimate of drug-likeness (QED) is 0.675. The first-order valence-corrected chi connectivity index (χ1v) is 4.40. The number of carbonyl (C=O) groups excluding carboxylic acids is 2. The van der Waals surface area contributed by atoms with E-state index in [0.717, 1.165) is 4.90 Å². The van der Waals surface area contributed by atoms with E-state index in [4.69, 9.17) is 5.11 Å². The third kappa shape index (κ3) is 1.58. The molecule has 2 rings (SSSR count). The first-order valence-electron chi connectivity index (χ1n) is 4.40. The van der Waals surface area contributed by atoms with Gasteiger partial charge in [-0.1, -0.05) is 0 Å². The molecule has 0 bridgehead atoms. The van der Waals surface area contributed by atoms with Gasteiger partial charge in [0.2, 0.25) is 0 Å². The second kappa shape index (κ2) is 3.61. The number of pyridine rings is 1. The largest absolute Gasteiger partial charge is 0.477 e. The lowest BCUT2D eigenvalue weighted by atomic mass is 10.3. The van der Waals surface area contributed by atoms with Crippen molar-refractivity contribution in [2.45, 2.75) is 0 Å². The fourth-order valence-electron chi connectivity index (χ4n) is 1.33. The Morgan fingerprint density at radius 1 is 1.44 bits per heavy atom. The number of nitrogens with one attached hydrogen (secondary N) is 1. The molecule has 7 nitrogen and oxygen atoms in total. The van der Waals surface area contributed by atoms with E-state index >= 15 is 0 Å². The fourth-order valence-corrected chi connectivity index (χ4v) is 1.33. The number of urea groups is 1. The van der Waals surface area contributed by atoms with E-state index in [1.165, 1.54) is 18.3 Å². The van der Waals surface area contributed by atoms with Crippen LogP contribution >= 0.6 is 0 Å². The first-order chi connectivity index (χ1) is 7.59. The molecule has 82 valence electrons. The Kier molecular flexibility index (Phi) is 2.28. The van der Waals surface area contributed by atoms with Crippen LogP contribution in [-0.2, 0) is 4.79 Å². The van der Waals surface area contributed by atoms with Crippen LogP contribution in [-0.4, -0.2) is 34.5 Å². The summed E-state index contributed by atoms with van der Waals surface area (Å²) in [4.78, 5) is 37.6. The standard InChI is InChI=1S/C9H7N3O4/c13-7-4-11-9(16)12(7)5-1-2-6(8(14)15)10-3-5/h1-3H,4H2,(H,11,16)(H,14,15). The third-order valence-corrected chi connectivity index (χ3v) is 2.07. The Balaban J connectivity index is 2.31. The Labute approximate surface area is 89.7 Å². The van der Waals surface area contributed by atoms with Gasteiger partial charge in [-0.3, -0.25) is 4.79 Å². The van der Waals surface area contributed by atoms with E-state index in [-0.39, 0.29) is 17.9 Å². The highest BCUT2D eigenvalue weighted by molar-refractivity contribution is 6.19. The Morgan fingerprint density at radius 3 is 2.62 bits per heavy atom. The van der Waals surface area contributed by atoms with Crippen LogP contribution in [0.4, 0.5) is 10.5 Å². The molecule has 1 aliphatic rings. The molecule has 7 heteroatoms. The number of nitrogens with zero attached hydrogens (tertiary/aromatic N) is 2. The summed E-state index contributed by atoms with van der Waals surface area (Å²) in [6.07, 6.45) is 1.17. The predicted molar refractivity (Wildman–Crippen MR) is 52.1 cm³/mol. The van der Waals surface area contributed by atoms with E-state index in [1.807, 2.05) is 0 Å². The highest BCUT2D eigenvalue weighted by atomic mass is 16.4. The number of imide groups is 1. The maximum Gasteiger partial charge on any atom is 0.354 e. The average Bonchev–Trinajstić information content (AvgIpc) is 2.59. The number of aromatic carboxylic acids is 1. The summed E-state index contributed by atoms with van der Waals surface area (Å²) in [5.74, 6) is -1.56. The van der Waals surface area contributed by atoms with E-state index < -0.39 is 17.9 Å². The minimum atomic E-state index is -1.16. The predicted octanol–water partition coefficient (Wildman–Crippen LogP) is -0.164. The summed E-state index contributed by atoms with van der Waals surface area (Å²) in [6.45, 7) is -0.0560. The van der Waals surface area contributed by atoms with E-state index in [2.05, 4.69) is 10.3 Å². The summed E-state index contributed by atoms with van der Waals surface area (Å²) in [5, 5.41) is 11.0. The molecule has 0 spiro atoms. The Bertz CT molecular complexity index is 452. The van der Waals surface area contributed by atoms with Gasteiger partial charge < -0.3 is 10.4 Å². The molecule has 1 aromatic heterocycles. The van der Waals surface area contributed by atoms with Crippen LogP contribution in [0.1, 0.15) is 10.5 Å². The highest BCUT2D eigenvalue weighted by Gasteiger charge is 2.30. The summed E-state index contributed by atoms with van der Waals surface area (Å²) in [6, 6.07) is 2.06. The number of carboxylic acids is 1. The van der Waals surface area contributed by atoms with Crippen molar-refractivity contribution in [3.8, 4) is 0 Å². The molecule has 0 radical (unpaired) electrons. The highest BCUT2D eigenvalue weighted by Crippen LogP contribution is 2.16. The van der Waals surface area contributed by atoms with Crippen molar-refractivity contribution in [1.82, 2.24) is 10.3 Å². The van der Waals surface area contributed by atoms with Crippen LogP contribution in [0.2, 0.25) is 0 Å². The minimum Gasteiger partial charge on any atom is -0.477 e. The van der Waals surface area contributed by atoms with Gasteiger partial charge in [-0.15, -0.1) is 0 Å². The van der Waals surface area contributed by atoms with Crippen LogP contribution in [0.15, 0.2) is 18.3 Å². The molecular formula is C9H7N3O4. The fraction of sp³-hybridized carbons (Fsp3) is 0.111. The minimum absolute atomic E-state index is 0.0560. The molecule has 1 saturated heterocycles. The van der Waals surface area contributed by atoms with Crippen molar-refractivity contribution < 1.29 is 19.5 Å². The van der Waals surface area contributed by atoms with Gasteiger partial charge in [0, 0.05) is 0 Å². The summed E-state index contributed by atoms with van der Waals surface area (Å²) < 4.78 is 0. The van der Waals surface area contributed by atoms with Gasteiger partial charge >= 0.3 is 12.0 Å². The number of carbonyl (C=O) groups is 3. The molecule has 0 saturated carbocycles. The van der Waals surface area contributed by atoms with Crippen LogP contribution in [0.5, 0.6) is 0 Å². The topological polar surface area (TPSA) is 99.6 Å². The number of amides is 3. The van der Waals surface area contributed by atoms with Crippen molar-refractivity contribution in [2.24, 2.45) is 0 Å². The molecule has 2 N–H and O–H groups in total. The molecule has 0 aromatic carbocycles. The number of carboxylic acid groups (broad SMARTS) is 1. The normalized spacial score (nSPS) is 15.1. The molecule has 0 aliphatic carbocycles. The second-order valence-corrected chi connectivity index (χ2v) is 3.09. The van der Waals surface area contributed by atoms with Crippen molar-refractivity contribution in [1.29, 1.82) is 0 Å². The van der Waals surface area contributed by atoms with Gasteiger partial charge in [-0.25, -0.2) is 19.5 Å². The van der Waals surface area contributed by atoms with Gasteiger partial charge in [0.1, 0.15) is 5.69 Å². The van der Waals surface area contributed by atoms with E-state index in [1.54, 1.807) is 0 Å². The second-order valence-electron chi connectivity index (χ2n) is 3.09. The molecular weight excluding hydrogens is 214 g/mol. The SMILES string of the molecule is O=C(O)c1ccc(N2C(=O)CNC2=O)cn1. The first kappa shape index (κ1) is 10.1. The van der Waals surface area contributed by atoms with E-state index in [0.29, 0.717) is 0 Å². The monoisotopic (exact) mass is 221 g/mol. The maximum atomic E-state index is 11.3. The number of aromatic nitrogens is 1. The molecule has 0 unspecified atom stereocenters. The zero-order chi connectivity index (χ0) is 11.7. The van der Waals surface area contributed by atoms with Crippen molar-refractivity contribution in [2.75, 3.05) is 11.4 Å². The molecule has 16 heavy (non-hydrogen) atoms. The number of hydrogen-bond donors (Lipinski definition) is 2. The van der Waals surface area contributed by atoms with Gasteiger partial charge in [0.15, 0.2) is 0 Å². The average molecular weight is 221 g/mol. The van der Waals surface area contributed by atoms with Crippen LogP contribution in [0.25, 0.3) is 0 Å². The van der Waals surface area contributed by atoms with Gasteiger partial charge in [0.25, 0.3) is 5.91 Å². The Hall–Kier alpha value is -2.44. The van der Waals surface area contributed by atoms with Crippen molar-refractivity contribution in [3.05, 3.63) is 24.0 Å². The maximum absolute atomic E-state index is 11.3. The van der Waals surface area contributed by atoms with Crippen molar-refractivity contribution in [3.63, 3.8) is 0 Å². The lowest BCUT2D eigenvalue weighted by Gasteiger charge is -2.11. The third-order valence-electron chi connectivity index (χ3n) is 2.07. The number of anilines is 1. The molecule has 1 aromatic rings. The molecule has 3 amide bonds. The van der Waals surface area contributed by atoms with Gasteiger partial charge in [-0.05, 0) is 12.1 Å². The number of rotatable bonds is 2. The zero-order valence-electron chi connectivity index (χ0n) is 8.01. The van der Waals surface area contributed by atoms with Gasteiger partial charge in [0.05, 0.1) is 18.4 Å². The molecule has 1 fully saturated rings. The molecule has 2 heterocycles.